The van der Waals surface area contributed by atoms with E-state index in [1.807, 2.05) is 13.2 Å². The zero-order valence-corrected chi connectivity index (χ0v) is 18.0. The van der Waals surface area contributed by atoms with E-state index in [2.05, 4.69) is 68.3 Å². The highest BCUT2D eigenvalue weighted by Gasteiger charge is 2.21. The number of piperidine rings is 1. The van der Waals surface area contributed by atoms with Gasteiger partial charge in [0.25, 0.3) is 0 Å². The van der Waals surface area contributed by atoms with E-state index in [0.29, 0.717) is 12.1 Å². The fourth-order valence-electron chi connectivity index (χ4n) is 3.88. The largest absolute Gasteiger partial charge is 0.354 e. The van der Waals surface area contributed by atoms with Crippen molar-refractivity contribution in [2.45, 2.75) is 45.3 Å². The van der Waals surface area contributed by atoms with Crippen LogP contribution in [-0.4, -0.2) is 86.2 Å². The third-order valence-corrected chi connectivity index (χ3v) is 5.92. The number of piperazine rings is 1. The van der Waals surface area contributed by atoms with Crippen molar-refractivity contribution in [3.63, 3.8) is 0 Å². The first kappa shape index (κ1) is 20.9. The Morgan fingerprint density at radius 3 is 2.43 bits per heavy atom. The van der Waals surface area contributed by atoms with Gasteiger partial charge in [0.2, 0.25) is 0 Å². The maximum Gasteiger partial charge on any atom is 0.191 e. The molecule has 2 fully saturated rings. The number of nitrogens with one attached hydrogen (secondary N) is 2. The number of pyridine rings is 1. The molecule has 0 bridgehead atoms. The normalized spacial score (nSPS) is 20.6. The van der Waals surface area contributed by atoms with Crippen molar-refractivity contribution < 1.29 is 0 Å². The maximum atomic E-state index is 4.67. The number of aromatic nitrogens is 1. The lowest BCUT2D eigenvalue weighted by molar-refractivity contribution is 0.167. The topological polar surface area (TPSA) is 59.0 Å². The first-order valence-electron chi connectivity index (χ1n) is 10.6. The van der Waals surface area contributed by atoms with E-state index in [-0.39, 0.29) is 0 Å². The standard InChI is InChI=1S/C21H37N7/c1-17(2)27-9-7-19(8-10-27)25-21(22-3)24-16-18-5-6-20(23-15-18)28-13-11-26(4)12-14-28/h5-6,15,17,19H,7-14,16H2,1-4H3,(H2,22,24,25). The Balaban J connectivity index is 1.44. The summed E-state index contributed by atoms with van der Waals surface area (Å²) in [5, 5.41) is 7.02. The molecule has 0 unspecified atom stereocenters. The lowest BCUT2D eigenvalue weighted by Crippen LogP contribution is -2.49. The van der Waals surface area contributed by atoms with Gasteiger partial charge in [-0.05, 0) is 45.4 Å². The van der Waals surface area contributed by atoms with Crippen molar-refractivity contribution in [1.29, 1.82) is 0 Å². The molecule has 2 N–H and O–H groups in total. The van der Waals surface area contributed by atoms with Crippen LogP contribution in [0.15, 0.2) is 23.3 Å². The molecule has 3 heterocycles. The van der Waals surface area contributed by atoms with Crippen LogP contribution in [0.1, 0.15) is 32.3 Å². The number of aliphatic imine (C=N–C) groups is 1. The summed E-state index contributed by atoms with van der Waals surface area (Å²) in [4.78, 5) is 16.3. The molecule has 1 aromatic heterocycles. The molecular weight excluding hydrogens is 350 g/mol. The summed E-state index contributed by atoms with van der Waals surface area (Å²) >= 11 is 0. The van der Waals surface area contributed by atoms with Crippen molar-refractivity contribution in [3.8, 4) is 0 Å². The Kier molecular flexibility index (Phi) is 7.50. The van der Waals surface area contributed by atoms with Crippen molar-refractivity contribution in [2.24, 2.45) is 4.99 Å². The zero-order valence-electron chi connectivity index (χ0n) is 18.0. The van der Waals surface area contributed by atoms with Crippen LogP contribution >= 0.6 is 0 Å². The number of hydrogen-bond donors (Lipinski definition) is 2. The lowest BCUT2D eigenvalue weighted by Gasteiger charge is -2.35. The predicted octanol–water partition coefficient (Wildman–Crippen LogP) is 1.37. The first-order chi connectivity index (χ1) is 13.5. The monoisotopic (exact) mass is 387 g/mol. The second-order valence-electron chi connectivity index (χ2n) is 8.29. The Morgan fingerprint density at radius 1 is 1.14 bits per heavy atom. The van der Waals surface area contributed by atoms with Gasteiger partial charge in [-0.2, -0.15) is 0 Å². The zero-order chi connectivity index (χ0) is 19.9. The minimum atomic E-state index is 0.499. The van der Waals surface area contributed by atoms with Crippen LogP contribution in [0, 0.1) is 0 Å². The van der Waals surface area contributed by atoms with Gasteiger partial charge in [-0.1, -0.05) is 6.07 Å². The molecule has 0 saturated carbocycles. The molecule has 0 radical (unpaired) electrons. The van der Waals surface area contributed by atoms with Gasteiger partial charge in [0.1, 0.15) is 5.82 Å². The summed E-state index contributed by atoms with van der Waals surface area (Å²) in [6.07, 6.45) is 4.31. The van der Waals surface area contributed by atoms with Gasteiger partial charge in [0.15, 0.2) is 5.96 Å². The van der Waals surface area contributed by atoms with E-state index in [4.69, 9.17) is 0 Å². The van der Waals surface area contributed by atoms with Gasteiger partial charge in [-0.3, -0.25) is 4.99 Å². The highest BCUT2D eigenvalue weighted by molar-refractivity contribution is 5.79. The molecular formula is C21H37N7. The van der Waals surface area contributed by atoms with Crippen LogP contribution < -0.4 is 15.5 Å². The fourth-order valence-corrected chi connectivity index (χ4v) is 3.88. The highest BCUT2D eigenvalue weighted by atomic mass is 15.3. The number of anilines is 1. The van der Waals surface area contributed by atoms with E-state index >= 15 is 0 Å². The molecule has 28 heavy (non-hydrogen) atoms. The molecule has 3 rings (SSSR count). The number of guanidine groups is 1. The van der Waals surface area contributed by atoms with Crippen molar-refractivity contribution in [1.82, 2.24) is 25.4 Å². The van der Waals surface area contributed by atoms with E-state index in [9.17, 15) is 0 Å². The number of likely N-dealkylation sites (N-methyl/N-ethyl adjacent to an activating group) is 1. The van der Waals surface area contributed by atoms with Crippen molar-refractivity contribution in [2.75, 3.05) is 58.3 Å². The van der Waals surface area contributed by atoms with Gasteiger partial charge in [-0.25, -0.2) is 4.98 Å². The van der Waals surface area contributed by atoms with Crippen molar-refractivity contribution >= 4 is 11.8 Å². The molecule has 7 heteroatoms. The van der Waals surface area contributed by atoms with Gasteiger partial charge >= 0.3 is 0 Å². The van der Waals surface area contributed by atoms with Crippen LogP contribution in [0.25, 0.3) is 0 Å². The van der Waals surface area contributed by atoms with Crippen LogP contribution in [0.2, 0.25) is 0 Å². The summed E-state index contributed by atoms with van der Waals surface area (Å²) in [6, 6.07) is 5.45. The summed E-state index contributed by atoms with van der Waals surface area (Å²) in [5.74, 6) is 1.96. The molecule has 7 nitrogen and oxygen atoms in total. The third-order valence-electron chi connectivity index (χ3n) is 5.92. The fraction of sp³-hybridized carbons (Fsp3) is 0.714. The number of nitrogens with zero attached hydrogens (tertiary/aromatic N) is 5. The van der Waals surface area contributed by atoms with Crippen molar-refractivity contribution in [3.05, 3.63) is 23.9 Å². The molecule has 0 aliphatic carbocycles. The average Bonchev–Trinajstić information content (AvgIpc) is 2.72. The molecule has 0 atom stereocenters. The second-order valence-corrected chi connectivity index (χ2v) is 8.29. The molecule has 2 aliphatic heterocycles. The Morgan fingerprint density at radius 2 is 1.86 bits per heavy atom. The molecule has 0 aromatic carbocycles. The van der Waals surface area contributed by atoms with Crippen LogP contribution in [0.3, 0.4) is 0 Å². The summed E-state index contributed by atoms with van der Waals surface area (Å²) in [5.41, 5.74) is 1.18. The number of rotatable bonds is 5. The van der Waals surface area contributed by atoms with E-state index in [1.54, 1.807) is 0 Å². The van der Waals surface area contributed by atoms with Gasteiger partial charge in [0.05, 0.1) is 0 Å². The van der Waals surface area contributed by atoms with Crippen LogP contribution in [0.5, 0.6) is 0 Å². The summed E-state index contributed by atoms with van der Waals surface area (Å²) in [7, 11) is 4.02. The third kappa shape index (κ3) is 5.82. The molecule has 0 spiro atoms. The van der Waals surface area contributed by atoms with E-state index in [0.717, 1.165) is 57.6 Å². The van der Waals surface area contributed by atoms with E-state index in [1.165, 1.54) is 18.4 Å². The summed E-state index contributed by atoms with van der Waals surface area (Å²) < 4.78 is 0. The van der Waals surface area contributed by atoms with Gasteiger partial charge in [-0.15, -0.1) is 0 Å². The smallest absolute Gasteiger partial charge is 0.191 e. The average molecular weight is 388 g/mol. The highest BCUT2D eigenvalue weighted by Crippen LogP contribution is 2.14. The maximum absolute atomic E-state index is 4.67. The minimum Gasteiger partial charge on any atom is -0.354 e. The molecule has 2 aliphatic rings. The minimum absolute atomic E-state index is 0.499. The quantitative estimate of drug-likeness (QED) is 0.588. The van der Waals surface area contributed by atoms with Crippen LogP contribution in [0.4, 0.5) is 5.82 Å². The van der Waals surface area contributed by atoms with Crippen LogP contribution in [-0.2, 0) is 6.54 Å². The SMILES string of the molecule is CN=C(NCc1ccc(N2CCN(C)CC2)nc1)NC1CCN(C(C)C)CC1. The second kappa shape index (κ2) is 10.1. The molecule has 156 valence electrons. The predicted molar refractivity (Wildman–Crippen MR) is 117 cm³/mol. The molecule has 1 aromatic rings. The molecule has 2 saturated heterocycles. The number of hydrogen-bond acceptors (Lipinski definition) is 5. The Hall–Kier alpha value is -1.86. The Bertz CT molecular complexity index is 612. The van der Waals surface area contributed by atoms with E-state index < -0.39 is 0 Å². The Labute approximate surface area is 170 Å². The lowest BCUT2D eigenvalue weighted by atomic mass is 10.0. The van der Waals surface area contributed by atoms with Gasteiger partial charge in [0, 0.05) is 71.1 Å². The first-order valence-corrected chi connectivity index (χ1v) is 10.6. The summed E-state index contributed by atoms with van der Waals surface area (Å²) in [6.45, 7) is 11.9. The van der Waals surface area contributed by atoms with Gasteiger partial charge < -0.3 is 25.3 Å². The molecule has 0 amide bonds. The number of likely N-dealkylation sites (tertiary alicyclic amines) is 1.